The van der Waals surface area contributed by atoms with Crippen LogP contribution in [0.3, 0.4) is 0 Å². The van der Waals surface area contributed by atoms with Crippen molar-refractivity contribution in [3.05, 3.63) is 53.8 Å². The highest BCUT2D eigenvalue weighted by Crippen LogP contribution is 2.30. The van der Waals surface area contributed by atoms with Crippen LogP contribution in [0.5, 0.6) is 0 Å². The molecule has 0 saturated carbocycles. The summed E-state index contributed by atoms with van der Waals surface area (Å²) >= 11 is 0. The Morgan fingerprint density at radius 1 is 1.28 bits per heavy atom. The van der Waals surface area contributed by atoms with Gasteiger partial charge in [-0.3, -0.25) is 0 Å². The molecule has 2 nitrogen and oxygen atoms in total. The fourth-order valence-electron chi connectivity index (χ4n) is 1.89. The van der Waals surface area contributed by atoms with Crippen LogP contribution >= 0.6 is 0 Å². The van der Waals surface area contributed by atoms with Gasteiger partial charge in [0.2, 0.25) is 0 Å². The Bertz CT molecular complexity index is 555. The maximum atomic E-state index is 13.6. The van der Waals surface area contributed by atoms with E-state index in [1.54, 1.807) is 31.2 Å². The summed E-state index contributed by atoms with van der Waals surface area (Å²) in [5.74, 6) is -1.89. The molecule has 18 heavy (non-hydrogen) atoms. The van der Waals surface area contributed by atoms with Crippen molar-refractivity contribution < 1.29 is 8.78 Å². The molecule has 1 aliphatic carbocycles. The van der Waals surface area contributed by atoms with Crippen molar-refractivity contribution in [2.24, 2.45) is 11.8 Å². The maximum absolute atomic E-state index is 13.6. The molecule has 0 amide bonds. The predicted molar refractivity (Wildman–Crippen MR) is 65.6 cm³/mol. The quantitative estimate of drug-likeness (QED) is 0.862. The summed E-state index contributed by atoms with van der Waals surface area (Å²) in [5.41, 5.74) is 0.756. The molecule has 2 unspecified atom stereocenters. The zero-order chi connectivity index (χ0) is 13.1. The van der Waals surface area contributed by atoms with Crippen molar-refractivity contribution in [3.63, 3.8) is 0 Å². The lowest BCUT2D eigenvalue weighted by Gasteiger charge is -2.20. The van der Waals surface area contributed by atoms with Crippen molar-refractivity contribution in [1.29, 1.82) is 5.26 Å². The zero-order valence-corrected chi connectivity index (χ0v) is 9.82. The van der Waals surface area contributed by atoms with E-state index >= 15 is 0 Å². The highest BCUT2D eigenvalue weighted by atomic mass is 19.1. The third kappa shape index (κ3) is 2.40. The number of benzene rings is 1. The molecule has 92 valence electrons. The number of hydrogen-bond acceptors (Lipinski definition) is 2. The molecule has 0 fully saturated rings. The van der Waals surface area contributed by atoms with Crippen molar-refractivity contribution in [2.45, 2.75) is 6.92 Å². The molecule has 4 heteroatoms. The van der Waals surface area contributed by atoms with E-state index in [1.165, 1.54) is 12.1 Å². The highest BCUT2D eigenvalue weighted by Gasteiger charge is 2.24. The third-order valence-electron chi connectivity index (χ3n) is 2.85. The third-order valence-corrected chi connectivity index (χ3v) is 2.85. The number of para-hydroxylation sites is 1. The Labute approximate surface area is 104 Å². The molecule has 1 aromatic carbocycles. The Hall–Kier alpha value is -2.15. The van der Waals surface area contributed by atoms with Crippen LogP contribution in [0.15, 0.2) is 47.9 Å². The van der Waals surface area contributed by atoms with E-state index in [0.717, 1.165) is 0 Å². The van der Waals surface area contributed by atoms with Gasteiger partial charge in [-0.1, -0.05) is 25.1 Å². The fraction of sp³-hybridized carbons (Fsp3) is 0.214. The maximum Gasteiger partial charge on any atom is 0.146 e. The molecule has 0 spiro atoms. The van der Waals surface area contributed by atoms with E-state index in [4.69, 9.17) is 5.26 Å². The van der Waals surface area contributed by atoms with Crippen LogP contribution in [0.4, 0.5) is 14.5 Å². The van der Waals surface area contributed by atoms with Gasteiger partial charge in [0.1, 0.15) is 17.6 Å². The first-order valence-corrected chi connectivity index (χ1v) is 5.62. The van der Waals surface area contributed by atoms with Crippen LogP contribution in [0.1, 0.15) is 6.92 Å². The summed E-state index contributed by atoms with van der Waals surface area (Å²) in [6.45, 7) is 1.75. The van der Waals surface area contributed by atoms with Gasteiger partial charge in [0, 0.05) is 5.70 Å². The summed E-state index contributed by atoms with van der Waals surface area (Å²) in [5, 5.41) is 11.6. The number of nitrogens with one attached hydrogen (secondary N) is 1. The fourth-order valence-corrected chi connectivity index (χ4v) is 1.89. The largest absolute Gasteiger partial charge is 0.353 e. The van der Waals surface area contributed by atoms with Gasteiger partial charge in [-0.15, -0.1) is 0 Å². The number of rotatable bonds is 2. The van der Waals surface area contributed by atoms with Crippen LogP contribution in [0.25, 0.3) is 0 Å². The van der Waals surface area contributed by atoms with Gasteiger partial charge in [0.25, 0.3) is 0 Å². The van der Waals surface area contributed by atoms with Gasteiger partial charge >= 0.3 is 0 Å². The highest BCUT2D eigenvalue weighted by molar-refractivity contribution is 5.53. The first-order chi connectivity index (χ1) is 8.61. The van der Waals surface area contributed by atoms with E-state index in [2.05, 4.69) is 5.32 Å². The lowest BCUT2D eigenvalue weighted by Crippen LogP contribution is -2.15. The summed E-state index contributed by atoms with van der Waals surface area (Å²) in [6.07, 6.45) is 2.96. The van der Waals surface area contributed by atoms with E-state index in [-0.39, 0.29) is 11.6 Å². The van der Waals surface area contributed by atoms with Crippen LogP contribution in [0.2, 0.25) is 0 Å². The molecule has 0 aliphatic heterocycles. The second-order valence-corrected chi connectivity index (χ2v) is 4.22. The molecule has 1 N–H and O–H groups in total. The van der Waals surface area contributed by atoms with E-state index < -0.39 is 17.6 Å². The van der Waals surface area contributed by atoms with Gasteiger partial charge in [-0.2, -0.15) is 5.26 Å². The Morgan fingerprint density at radius 2 is 2.00 bits per heavy atom. The Kier molecular flexibility index (Phi) is 3.42. The normalized spacial score (nSPS) is 22.8. The molecule has 1 aromatic rings. The summed E-state index contributed by atoms with van der Waals surface area (Å²) in [4.78, 5) is 0. The minimum Gasteiger partial charge on any atom is -0.353 e. The van der Waals surface area contributed by atoms with Crippen LogP contribution < -0.4 is 5.32 Å². The second kappa shape index (κ2) is 5.01. The van der Waals surface area contributed by atoms with Crippen LogP contribution in [-0.2, 0) is 0 Å². The summed E-state index contributed by atoms with van der Waals surface area (Å²) in [7, 11) is 0. The number of nitrogens with zero attached hydrogens (tertiary/aromatic N) is 1. The minimum absolute atomic E-state index is 0.241. The Morgan fingerprint density at radius 3 is 2.61 bits per heavy atom. The van der Waals surface area contributed by atoms with Crippen LogP contribution in [0, 0.1) is 29.0 Å². The van der Waals surface area contributed by atoms with Crippen LogP contribution in [-0.4, -0.2) is 0 Å². The minimum atomic E-state index is -0.754. The topological polar surface area (TPSA) is 35.8 Å². The first kappa shape index (κ1) is 12.3. The molecular weight excluding hydrogens is 234 g/mol. The van der Waals surface area contributed by atoms with E-state index in [9.17, 15) is 8.78 Å². The summed E-state index contributed by atoms with van der Waals surface area (Å²) in [6, 6.07) is 8.08. The van der Waals surface area contributed by atoms with Gasteiger partial charge in [-0.05, 0) is 24.1 Å². The number of halogens is 2. The number of allylic oxidation sites excluding steroid dienone is 3. The molecule has 0 bridgehead atoms. The van der Waals surface area contributed by atoms with Crippen molar-refractivity contribution in [2.75, 3.05) is 5.32 Å². The Balaban J connectivity index is 2.22. The average molecular weight is 246 g/mol. The number of anilines is 1. The molecule has 0 heterocycles. The predicted octanol–water partition coefficient (Wildman–Crippen LogP) is 3.76. The van der Waals surface area contributed by atoms with Gasteiger partial charge in [0.05, 0.1) is 11.8 Å². The molecule has 0 saturated heterocycles. The molecule has 2 rings (SSSR count). The summed E-state index contributed by atoms with van der Waals surface area (Å²) < 4.78 is 27.0. The van der Waals surface area contributed by atoms with E-state index in [0.29, 0.717) is 5.70 Å². The van der Waals surface area contributed by atoms with Gasteiger partial charge in [0.15, 0.2) is 0 Å². The smallest absolute Gasteiger partial charge is 0.146 e. The van der Waals surface area contributed by atoms with Gasteiger partial charge in [-0.25, -0.2) is 8.78 Å². The molecular formula is C14H12F2N2. The monoisotopic (exact) mass is 246 g/mol. The zero-order valence-electron chi connectivity index (χ0n) is 9.82. The first-order valence-electron chi connectivity index (χ1n) is 5.62. The molecule has 1 aliphatic rings. The average Bonchev–Trinajstić information content (AvgIpc) is 2.32. The molecule has 0 radical (unpaired) electrons. The molecule has 0 aromatic heterocycles. The second-order valence-electron chi connectivity index (χ2n) is 4.22. The lowest BCUT2D eigenvalue weighted by atomic mass is 9.89. The van der Waals surface area contributed by atoms with Gasteiger partial charge < -0.3 is 5.32 Å². The van der Waals surface area contributed by atoms with E-state index in [1.807, 2.05) is 6.07 Å². The molecule has 2 atom stereocenters. The van der Waals surface area contributed by atoms with Crippen molar-refractivity contribution in [3.8, 4) is 6.07 Å². The standard InChI is InChI=1S/C14H12F2N2/c1-9-6-10(7-13(16)11(9)8-17)18-14-5-3-2-4-12(14)15/h2-7,9,11,18H,1H3. The number of nitriles is 1. The lowest BCUT2D eigenvalue weighted by molar-refractivity contribution is 0.457. The number of hydrogen-bond donors (Lipinski definition) is 1. The van der Waals surface area contributed by atoms with Crippen molar-refractivity contribution >= 4 is 5.69 Å². The van der Waals surface area contributed by atoms with Crippen molar-refractivity contribution in [1.82, 2.24) is 0 Å². The SMILES string of the molecule is CC1C=C(Nc2ccccc2F)C=C(F)C1C#N.